The normalized spacial score (nSPS) is 16.6. The number of halogens is 1. The van der Waals surface area contributed by atoms with E-state index in [9.17, 15) is 14.3 Å². The van der Waals surface area contributed by atoms with Crippen LogP contribution >= 0.6 is 0 Å². The fourth-order valence-corrected chi connectivity index (χ4v) is 3.02. The summed E-state index contributed by atoms with van der Waals surface area (Å²) in [6.07, 6.45) is 3.18. The molecule has 0 bridgehead atoms. The number of hydrogen-bond donors (Lipinski definition) is 3. The molecule has 9 nitrogen and oxygen atoms in total. The van der Waals surface area contributed by atoms with E-state index >= 15 is 0 Å². The van der Waals surface area contributed by atoms with Crippen molar-refractivity contribution in [3.05, 3.63) is 23.3 Å². The second-order valence-electron chi connectivity index (χ2n) is 6.90. The van der Waals surface area contributed by atoms with Gasteiger partial charge in [-0.1, -0.05) is 12.8 Å². The van der Waals surface area contributed by atoms with Gasteiger partial charge in [0.25, 0.3) is 0 Å². The third kappa shape index (κ3) is 5.19. The number of nitrogens with two attached hydrogens (primary N) is 2. The molecule has 0 unspecified atom stereocenters. The summed E-state index contributed by atoms with van der Waals surface area (Å²) in [6.45, 7) is 1.35. The van der Waals surface area contributed by atoms with Gasteiger partial charge in [-0.15, -0.1) is 0 Å². The Labute approximate surface area is 157 Å². The van der Waals surface area contributed by atoms with Crippen LogP contribution in [-0.2, 0) is 4.74 Å². The van der Waals surface area contributed by atoms with Crippen LogP contribution in [0.25, 0.3) is 5.70 Å². The van der Waals surface area contributed by atoms with Crippen molar-refractivity contribution in [2.24, 2.45) is 11.6 Å². The van der Waals surface area contributed by atoms with E-state index in [1.54, 1.807) is 6.92 Å². The van der Waals surface area contributed by atoms with Crippen LogP contribution in [0.15, 0.2) is 11.9 Å². The van der Waals surface area contributed by atoms with Crippen molar-refractivity contribution in [2.75, 3.05) is 27.2 Å². The predicted octanol–water partition coefficient (Wildman–Crippen LogP) is 1.27. The van der Waals surface area contributed by atoms with Crippen molar-refractivity contribution in [3.63, 3.8) is 0 Å². The minimum atomic E-state index is -1.35. The van der Waals surface area contributed by atoms with Gasteiger partial charge in [-0.2, -0.15) is 0 Å². The van der Waals surface area contributed by atoms with Crippen molar-refractivity contribution in [3.8, 4) is 5.88 Å². The average Bonchev–Trinajstić information content (AvgIpc) is 3.02. The average molecular weight is 382 g/mol. The topological polar surface area (TPSA) is 131 Å². The zero-order chi connectivity index (χ0) is 20.2. The molecule has 1 fully saturated rings. The molecule has 2 rings (SSSR count). The maximum absolute atomic E-state index is 14.5. The Bertz CT molecular complexity index is 719. The van der Waals surface area contributed by atoms with Crippen LogP contribution in [0.3, 0.4) is 0 Å². The second-order valence-corrected chi connectivity index (χ2v) is 6.90. The monoisotopic (exact) mass is 382 g/mol. The van der Waals surface area contributed by atoms with Crippen LogP contribution in [0.4, 0.5) is 9.18 Å². The number of carbonyl (C=O) groups is 1. The Kier molecular flexibility index (Phi) is 6.42. The SMILES string of the molecule is Cc1nc(/C(N)=C(\COC(=O)N(C)CC2(F)CCCC2)N(C)N)cnc1O. The van der Waals surface area contributed by atoms with Crippen molar-refractivity contribution in [1.29, 1.82) is 0 Å². The molecule has 1 aliphatic rings. The lowest BCUT2D eigenvalue weighted by Gasteiger charge is -2.26. The number of nitrogens with zero attached hydrogens (tertiary/aromatic N) is 4. The molecule has 1 aromatic heterocycles. The van der Waals surface area contributed by atoms with E-state index in [0.717, 1.165) is 12.8 Å². The molecule has 0 atom stereocenters. The van der Waals surface area contributed by atoms with Gasteiger partial charge in [0.2, 0.25) is 5.88 Å². The van der Waals surface area contributed by atoms with Gasteiger partial charge in [0, 0.05) is 14.1 Å². The van der Waals surface area contributed by atoms with Crippen LogP contribution in [0, 0.1) is 6.92 Å². The molecule has 0 aromatic carbocycles. The molecule has 1 amide bonds. The first-order chi connectivity index (χ1) is 12.6. The van der Waals surface area contributed by atoms with E-state index in [1.807, 2.05) is 0 Å². The van der Waals surface area contributed by atoms with Crippen LogP contribution in [0.2, 0.25) is 0 Å². The fraction of sp³-hybridized carbons (Fsp3) is 0.588. The molecule has 1 saturated carbocycles. The van der Waals surface area contributed by atoms with Crippen LogP contribution in [0.1, 0.15) is 37.1 Å². The van der Waals surface area contributed by atoms with Crippen molar-refractivity contribution in [2.45, 2.75) is 38.3 Å². The maximum atomic E-state index is 14.5. The van der Waals surface area contributed by atoms with Gasteiger partial charge in [0.1, 0.15) is 18.0 Å². The number of aryl methyl sites for hydroxylation is 1. The van der Waals surface area contributed by atoms with Crippen molar-refractivity contribution >= 4 is 11.8 Å². The van der Waals surface area contributed by atoms with Gasteiger partial charge in [-0.25, -0.2) is 25.0 Å². The number of hydrazine groups is 1. The van der Waals surface area contributed by atoms with Crippen molar-refractivity contribution < 1.29 is 19.0 Å². The smallest absolute Gasteiger partial charge is 0.409 e. The summed E-state index contributed by atoms with van der Waals surface area (Å²) >= 11 is 0. The predicted molar refractivity (Wildman–Crippen MR) is 97.8 cm³/mol. The van der Waals surface area contributed by atoms with E-state index < -0.39 is 11.8 Å². The molecule has 0 radical (unpaired) electrons. The Morgan fingerprint density at radius 2 is 2.04 bits per heavy atom. The van der Waals surface area contributed by atoms with Crippen LogP contribution < -0.4 is 11.6 Å². The largest absolute Gasteiger partial charge is 0.492 e. The molecular formula is C17H27FN6O3. The second kappa shape index (κ2) is 8.38. The van der Waals surface area contributed by atoms with Gasteiger partial charge in [-0.05, 0) is 19.8 Å². The number of alkyl halides is 1. The molecule has 5 N–H and O–H groups in total. The number of amides is 1. The Hall–Kier alpha value is -2.62. The lowest BCUT2D eigenvalue weighted by atomic mass is 10.0. The number of rotatable bonds is 6. The molecule has 1 heterocycles. The summed E-state index contributed by atoms with van der Waals surface area (Å²) in [5.74, 6) is 5.59. The molecule has 1 aromatic rings. The highest BCUT2D eigenvalue weighted by molar-refractivity contribution is 5.68. The minimum absolute atomic E-state index is 0.0124. The van der Waals surface area contributed by atoms with Crippen LogP contribution in [0.5, 0.6) is 5.88 Å². The Balaban J connectivity index is 2.06. The number of aromatic hydroxyl groups is 1. The van der Waals surface area contributed by atoms with Crippen LogP contribution in [-0.4, -0.2) is 64.0 Å². The van der Waals surface area contributed by atoms with E-state index in [1.165, 1.54) is 30.2 Å². The number of carbonyl (C=O) groups excluding carboxylic acids is 1. The quantitative estimate of drug-likeness (QED) is 0.495. The standard InChI is InChI=1S/C17H27FN6O3/c1-11-15(25)21-8-12(22-11)14(19)13(24(3)20)9-27-16(26)23(2)10-17(18)6-4-5-7-17/h8H,4-7,9-10,19-20H2,1-3H3,(H,21,25)/b14-13-. The number of hydrogen-bond acceptors (Lipinski definition) is 8. The summed E-state index contributed by atoms with van der Waals surface area (Å²) in [5.41, 5.74) is 5.78. The molecule has 0 saturated heterocycles. The third-order valence-electron chi connectivity index (χ3n) is 4.60. The molecule has 27 heavy (non-hydrogen) atoms. The highest BCUT2D eigenvalue weighted by atomic mass is 19.1. The highest BCUT2D eigenvalue weighted by Gasteiger charge is 2.36. The molecular weight excluding hydrogens is 355 g/mol. The first kappa shape index (κ1) is 20.7. The third-order valence-corrected chi connectivity index (χ3v) is 4.60. The number of likely N-dealkylation sites (N-methyl/N-ethyl adjacent to an activating group) is 1. The summed E-state index contributed by atoms with van der Waals surface area (Å²) < 4.78 is 19.8. The molecule has 0 aliphatic heterocycles. The lowest BCUT2D eigenvalue weighted by molar-refractivity contribution is 0.0766. The fourth-order valence-electron chi connectivity index (χ4n) is 3.02. The lowest BCUT2D eigenvalue weighted by Crippen LogP contribution is -2.40. The maximum Gasteiger partial charge on any atom is 0.409 e. The molecule has 0 spiro atoms. The minimum Gasteiger partial charge on any atom is -0.492 e. The molecule has 10 heteroatoms. The molecule has 150 valence electrons. The van der Waals surface area contributed by atoms with Gasteiger partial charge in [-0.3, -0.25) is 0 Å². The first-order valence-electron chi connectivity index (χ1n) is 8.70. The van der Waals surface area contributed by atoms with E-state index in [-0.39, 0.29) is 30.4 Å². The molecule has 1 aliphatic carbocycles. The zero-order valence-electron chi connectivity index (χ0n) is 15.9. The van der Waals surface area contributed by atoms with E-state index in [2.05, 4.69) is 9.97 Å². The summed E-state index contributed by atoms with van der Waals surface area (Å²) in [7, 11) is 3.03. The number of ether oxygens (including phenoxy) is 1. The van der Waals surface area contributed by atoms with E-state index in [4.69, 9.17) is 16.3 Å². The summed E-state index contributed by atoms with van der Waals surface area (Å²) in [6, 6.07) is 0. The Morgan fingerprint density at radius 3 is 2.59 bits per heavy atom. The zero-order valence-corrected chi connectivity index (χ0v) is 15.9. The summed E-state index contributed by atoms with van der Waals surface area (Å²) in [5, 5.41) is 10.7. The van der Waals surface area contributed by atoms with Crippen molar-refractivity contribution in [1.82, 2.24) is 19.9 Å². The van der Waals surface area contributed by atoms with E-state index in [0.29, 0.717) is 24.2 Å². The number of aromatic nitrogens is 2. The Morgan fingerprint density at radius 1 is 1.41 bits per heavy atom. The van der Waals surface area contributed by atoms with Gasteiger partial charge < -0.3 is 25.5 Å². The summed E-state index contributed by atoms with van der Waals surface area (Å²) in [4.78, 5) is 21.4. The van der Waals surface area contributed by atoms with Gasteiger partial charge >= 0.3 is 6.09 Å². The highest BCUT2D eigenvalue weighted by Crippen LogP contribution is 2.33. The first-order valence-corrected chi connectivity index (χ1v) is 8.70. The van der Waals surface area contributed by atoms with Gasteiger partial charge in [0.05, 0.1) is 29.8 Å². The van der Waals surface area contributed by atoms with Gasteiger partial charge in [0.15, 0.2) is 0 Å².